The molecule has 2 aliphatic heterocycles. The van der Waals surface area contributed by atoms with Crippen molar-refractivity contribution in [3.63, 3.8) is 0 Å². The van der Waals surface area contributed by atoms with Gasteiger partial charge in [0.2, 0.25) is 0 Å². The molecular weight excluding hydrogens is 883 g/mol. The van der Waals surface area contributed by atoms with E-state index in [1.165, 1.54) is 27.7 Å². The van der Waals surface area contributed by atoms with Gasteiger partial charge in [-0.2, -0.15) is 0 Å². The van der Waals surface area contributed by atoms with Crippen LogP contribution in [0.2, 0.25) is 10.1 Å². The smallest absolute Gasteiger partial charge is 0.261 e. The number of hydrogen-bond donors (Lipinski definition) is 2. The first-order chi connectivity index (χ1) is 31.5. The summed E-state index contributed by atoms with van der Waals surface area (Å²) in [6.45, 7) is 21.0. The lowest BCUT2D eigenvalue weighted by Crippen LogP contribution is -2.67. The van der Waals surface area contributed by atoms with Crippen molar-refractivity contribution in [3.8, 4) is 0 Å². The van der Waals surface area contributed by atoms with Gasteiger partial charge in [0, 0.05) is 6.61 Å². The van der Waals surface area contributed by atoms with Crippen LogP contribution in [0.3, 0.4) is 0 Å². The number of aliphatic hydroxyl groups is 2. The van der Waals surface area contributed by atoms with Crippen LogP contribution in [0.4, 0.5) is 8.78 Å². The number of hydrogen-bond acceptors (Lipinski definition) is 8. The summed E-state index contributed by atoms with van der Waals surface area (Å²) >= 11 is 0. The summed E-state index contributed by atoms with van der Waals surface area (Å²) < 4.78 is 68.4. The molecule has 2 N–H and O–H groups in total. The second-order valence-corrected chi connectivity index (χ2v) is 29.2. The predicted octanol–water partition coefficient (Wildman–Crippen LogP) is 8.79. The highest BCUT2D eigenvalue weighted by molar-refractivity contribution is 7.00. The third-order valence-electron chi connectivity index (χ3n) is 14.0. The third kappa shape index (κ3) is 10.2. The largest absolute Gasteiger partial charge is 0.405 e. The van der Waals surface area contributed by atoms with E-state index in [0.717, 1.165) is 26.3 Å². The Kier molecular flexibility index (Phi) is 16.1. The molecule has 5 aromatic carbocycles. The lowest BCUT2D eigenvalue weighted by Gasteiger charge is -2.44. The van der Waals surface area contributed by atoms with Crippen LogP contribution in [0.1, 0.15) is 81.7 Å². The van der Waals surface area contributed by atoms with Crippen molar-refractivity contribution in [2.75, 3.05) is 19.8 Å². The summed E-state index contributed by atoms with van der Waals surface area (Å²) in [4.78, 5) is 0. The van der Waals surface area contributed by atoms with Crippen LogP contribution in [0.25, 0.3) is 0 Å². The van der Waals surface area contributed by atoms with Crippen LogP contribution in [-0.4, -0.2) is 94.0 Å². The lowest BCUT2D eigenvalue weighted by atomic mass is 9.85. The molecule has 0 amide bonds. The van der Waals surface area contributed by atoms with Gasteiger partial charge in [-0.15, -0.1) is 0 Å². The monoisotopic (exact) mass is 954 g/mol. The van der Waals surface area contributed by atoms with E-state index in [9.17, 15) is 10.2 Å². The average molecular weight is 955 g/mol. The Morgan fingerprint density at radius 1 is 0.493 bits per heavy atom. The molecule has 0 spiro atoms. The van der Waals surface area contributed by atoms with Gasteiger partial charge < -0.3 is 38.0 Å². The van der Waals surface area contributed by atoms with Gasteiger partial charge in [0.05, 0.1) is 19.8 Å². The summed E-state index contributed by atoms with van der Waals surface area (Å²) in [7, 11) is -5.69. The molecule has 362 valence electrons. The molecule has 2 unspecified atom stereocenters. The van der Waals surface area contributed by atoms with Crippen molar-refractivity contribution < 1.29 is 46.8 Å². The predicted molar refractivity (Wildman–Crippen MR) is 268 cm³/mol. The van der Waals surface area contributed by atoms with E-state index in [2.05, 4.69) is 90.1 Å². The Morgan fingerprint density at radius 2 is 0.776 bits per heavy atom. The van der Waals surface area contributed by atoms with Gasteiger partial charge in [-0.05, 0) is 71.0 Å². The van der Waals surface area contributed by atoms with Gasteiger partial charge >= 0.3 is 0 Å². The zero-order valence-electron chi connectivity index (χ0n) is 41.2. The maximum atomic E-state index is 16.0. The molecule has 7 rings (SSSR count). The fraction of sp³-hybridized carbons (Fsp3) is 0.455. The molecule has 8 nitrogen and oxygen atoms in total. The Balaban J connectivity index is 0.000000224. The van der Waals surface area contributed by atoms with E-state index >= 15 is 8.78 Å². The highest BCUT2D eigenvalue weighted by Crippen LogP contribution is 2.46. The standard InChI is InChI=1S/C30H37FO4Si.C25H35FO4Si/c1-28(2,3)36(24-17-11-7-12-18-24,25-19-13-8-14-20-25)34-22-26-30(5,32)29(4,31)27(35-26)33-21-23-15-9-6-10-16-23;1-7-28-22-24(5,26)25(6,27)21(30-22)18-29-31(23(2,3)4,19-14-10-8-11-15-19)20-16-12-9-13-17-20/h6-20,26-27,32H,21-22H2,1-5H3;8-17,21-22,27H,7,18H2,1-6H3/t26-,27?,29+,30+;21-,22?,24+,25-/m11/s1. The first-order valence-electron chi connectivity index (χ1n) is 23.4. The molecule has 8 atom stereocenters. The molecule has 0 radical (unpaired) electrons. The minimum absolute atomic E-state index is 0.0327. The van der Waals surface area contributed by atoms with Crippen molar-refractivity contribution in [1.29, 1.82) is 0 Å². The molecule has 12 heteroatoms. The molecule has 2 saturated heterocycles. The van der Waals surface area contributed by atoms with Gasteiger partial charge in [-0.3, -0.25) is 0 Å². The van der Waals surface area contributed by atoms with E-state index < -0.39 is 64.0 Å². The minimum Gasteiger partial charge on any atom is -0.405 e. The van der Waals surface area contributed by atoms with Gasteiger partial charge in [0.25, 0.3) is 16.6 Å². The summed E-state index contributed by atoms with van der Waals surface area (Å²) in [5.41, 5.74) is -6.83. The van der Waals surface area contributed by atoms with Crippen LogP contribution >= 0.6 is 0 Å². The SMILES string of the molecule is CC(C)(C)[Si](OC[C@H]1OC(OCc2ccccc2)[C@](C)(F)[C@@]1(C)O)(c1ccccc1)c1ccccc1.CCOC1O[C@H](CO[Si](c2ccccc2)(c2ccccc2)C(C)(C)C)[C@@](C)(O)[C@@]1(C)F. The highest BCUT2D eigenvalue weighted by atomic mass is 28.4. The Labute approximate surface area is 399 Å². The van der Waals surface area contributed by atoms with Crippen molar-refractivity contribution in [2.24, 2.45) is 0 Å². The topological polar surface area (TPSA) is 95.8 Å². The van der Waals surface area contributed by atoms with Crippen molar-refractivity contribution in [1.82, 2.24) is 0 Å². The van der Waals surface area contributed by atoms with Crippen molar-refractivity contribution in [3.05, 3.63) is 157 Å². The normalized spacial score (nSPS) is 27.9. The molecule has 2 aliphatic rings. The van der Waals surface area contributed by atoms with Crippen LogP contribution in [0, 0.1) is 0 Å². The molecule has 2 fully saturated rings. The zero-order valence-corrected chi connectivity index (χ0v) is 43.2. The molecule has 0 aromatic heterocycles. The zero-order chi connectivity index (χ0) is 48.9. The molecule has 0 bridgehead atoms. The van der Waals surface area contributed by atoms with Crippen molar-refractivity contribution in [2.45, 2.75) is 140 Å². The van der Waals surface area contributed by atoms with E-state index in [1.54, 1.807) is 6.92 Å². The molecule has 0 saturated carbocycles. The van der Waals surface area contributed by atoms with Gasteiger partial charge in [0.15, 0.2) is 23.9 Å². The fourth-order valence-corrected chi connectivity index (χ4v) is 18.7. The second kappa shape index (κ2) is 20.6. The Morgan fingerprint density at radius 3 is 1.06 bits per heavy atom. The van der Waals surface area contributed by atoms with Crippen LogP contribution in [-0.2, 0) is 34.4 Å². The van der Waals surface area contributed by atoms with Crippen LogP contribution in [0.5, 0.6) is 0 Å². The Bertz CT molecular complexity index is 2210. The lowest BCUT2D eigenvalue weighted by molar-refractivity contribution is -0.187. The minimum atomic E-state index is -2.87. The number of ether oxygens (including phenoxy) is 4. The van der Waals surface area contributed by atoms with Crippen LogP contribution < -0.4 is 20.7 Å². The van der Waals surface area contributed by atoms with E-state index in [1.807, 2.05) is 103 Å². The highest BCUT2D eigenvalue weighted by Gasteiger charge is 2.65. The molecule has 2 heterocycles. The number of halogens is 2. The average Bonchev–Trinajstić information content (AvgIpc) is 3.58. The Hall–Kier alpha value is -3.93. The number of benzene rings is 5. The van der Waals surface area contributed by atoms with Crippen LogP contribution in [0.15, 0.2) is 152 Å². The van der Waals surface area contributed by atoms with E-state index in [-0.39, 0.29) is 29.9 Å². The summed E-state index contributed by atoms with van der Waals surface area (Å²) in [5, 5.41) is 26.4. The number of rotatable bonds is 15. The van der Waals surface area contributed by atoms with Gasteiger partial charge in [0.1, 0.15) is 23.4 Å². The maximum Gasteiger partial charge on any atom is 0.261 e. The van der Waals surface area contributed by atoms with Gasteiger partial charge in [-0.25, -0.2) is 8.78 Å². The molecular formula is C55H72F2O8Si2. The molecule has 0 aliphatic carbocycles. The summed E-state index contributed by atoms with van der Waals surface area (Å²) in [6, 6.07) is 50.4. The van der Waals surface area contributed by atoms with Crippen molar-refractivity contribution >= 4 is 37.4 Å². The number of alkyl halides is 2. The van der Waals surface area contributed by atoms with E-state index in [4.69, 9.17) is 27.8 Å². The first-order valence-corrected chi connectivity index (χ1v) is 27.2. The first kappa shape index (κ1) is 52.4. The quantitative estimate of drug-likeness (QED) is 0.101. The summed E-state index contributed by atoms with van der Waals surface area (Å²) in [6.07, 6.45) is -4.13. The molecule has 67 heavy (non-hydrogen) atoms. The maximum absolute atomic E-state index is 16.0. The van der Waals surface area contributed by atoms with E-state index in [0.29, 0.717) is 6.61 Å². The fourth-order valence-electron chi connectivity index (χ4n) is 9.54. The summed E-state index contributed by atoms with van der Waals surface area (Å²) in [5.74, 6) is 0. The second-order valence-electron chi connectivity index (χ2n) is 20.6. The molecule has 5 aromatic rings. The van der Waals surface area contributed by atoms with Gasteiger partial charge in [-0.1, -0.05) is 193 Å². The third-order valence-corrected chi connectivity index (χ3v) is 24.0.